The van der Waals surface area contributed by atoms with E-state index in [0.29, 0.717) is 24.3 Å². The molecule has 1 fully saturated rings. The predicted octanol–water partition coefficient (Wildman–Crippen LogP) is 8.48. The summed E-state index contributed by atoms with van der Waals surface area (Å²) in [5.41, 5.74) is 0. The third kappa shape index (κ3) is 7.19. The van der Waals surface area contributed by atoms with Gasteiger partial charge in [0.1, 0.15) is 17.3 Å². The van der Waals surface area contributed by atoms with E-state index in [0.717, 1.165) is 5.75 Å². The highest BCUT2D eigenvalue weighted by atomic mass is 32.2. The van der Waals surface area contributed by atoms with Crippen molar-refractivity contribution in [3.05, 3.63) is 36.4 Å². The number of ether oxygens (including phenoxy) is 2. The summed E-state index contributed by atoms with van der Waals surface area (Å²) in [4.78, 5) is 1.52. The van der Waals surface area contributed by atoms with Crippen molar-refractivity contribution in [3.63, 3.8) is 0 Å². The van der Waals surface area contributed by atoms with E-state index in [2.05, 4.69) is 36.4 Å². The molecule has 24 heteroatoms. The van der Waals surface area contributed by atoms with Gasteiger partial charge >= 0.3 is 47.0 Å². The fourth-order valence-corrected chi connectivity index (χ4v) is 6.93. The van der Waals surface area contributed by atoms with Gasteiger partial charge in [-0.15, -0.1) is 0 Å². The highest BCUT2D eigenvalue weighted by Crippen LogP contribution is 2.64. The molecule has 2 aromatic rings. The summed E-state index contributed by atoms with van der Waals surface area (Å²) in [6.07, 6.45) is -5.14. The Bertz CT molecular complexity index is 1560. The molecule has 0 aromatic heterocycles. The molecule has 49 heavy (non-hydrogen) atoms. The first-order valence-corrected chi connectivity index (χ1v) is 15.9. The van der Waals surface area contributed by atoms with Gasteiger partial charge < -0.3 is 14.0 Å². The molecule has 0 spiro atoms. The van der Waals surface area contributed by atoms with E-state index < -0.39 is 57.1 Å². The van der Waals surface area contributed by atoms with Gasteiger partial charge in [0, 0.05) is 28.3 Å². The van der Waals surface area contributed by atoms with Crippen LogP contribution in [0.5, 0.6) is 5.75 Å². The fourth-order valence-electron chi connectivity index (χ4n) is 3.99. The van der Waals surface area contributed by atoms with Gasteiger partial charge in [-0.05, 0) is 38.0 Å². The van der Waals surface area contributed by atoms with Gasteiger partial charge in [0.25, 0.3) is 0 Å². The van der Waals surface area contributed by atoms with Crippen molar-refractivity contribution in [1.82, 2.24) is 0 Å². The highest BCUT2D eigenvalue weighted by molar-refractivity contribution is 7.97. The standard InChI is InChI=1S/C17H21O2S.C8HF17O3S/c1-2-18-13-19-16-9-10-17(20-11-5-6-12-20)15-8-4-3-7-14(15)16;9-1(10,3(13,14)5(17,18)7(21,22)23)2(11,12)4(15,16)6(19,20)8(24,25)29(26,27)28/h3-4,7-10H,2,5-6,11-13H2,1H3;(H,26,27,28)/q+1;/p-1. The highest BCUT2D eigenvalue weighted by Gasteiger charge is 2.95. The molecule has 0 bridgehead atoms. The minimum absolute atomic E-state index is 0.325. The average Bonchev–Trinajstić information content (AvgIpc) is 3.51. The van der Waals surface area contributed by atoms with E-state index in [9.17, 15) is 87.6 Å². The van der Waals surface area contributed by atoms with E-state index in [1.807, 2.05) is 6.92 Å². The SMILES string of the molecule is CCOCOc1ccc([S+]2CCCC2)c2ccccc12.O=S(=O)([O-])C(F)(F)C(F)(F)C(F)(F)C(F)(F)C(F)(F)C(F)(F)C(F)(F)C(F)(F)F. The van der Waals surface area contributed by atoms with Gasteiger partial charge in [-0.2, -0.15) is 74.6 Å². The molecule has 3 rings (SSSR count). The molecule has 282 valence electrons. The molecular formula is C25H21F17O5S2. The van der Waals surface area contributed by atoms with Gasteiger partial charge in [0.05, 0.1) is 0 Å². The van der Waals surface area contributed by atoms with Crippen LogP contribution in [0.15, 0.2) is 41.3 Å². The van der Waals surface area contributed by atoms with Crippen LogP contribution in [0.4, 0.5) is 74.6 Å². The summed E-state index contributed by atoms with van der Waals surface area (Å²) in [5, 5.41) is -5.39. The molecular weight excluding hydrogens is 767 g/mol. The van der Waals surface area contributed by atoms with Gasteiger partial charge in [0.2, 0.25) is 0 Å². The van der Waals surface area contributed by atoms with Crippen LogP contribution >= 0.6 is 0 Å². The third-order valence-electron chi connectivity index (χ3n) is 6.70. The molecule has 0 saturated carbocycles. The van der Waals surface area contributed by atoms with Gasteiger partial charge in [-0.3, -0.25) is 0 Å². The Morgan fingerprint density at radius 2 is 1.08 bits per heavy atom. The minimum Gasteiger partial charge on any atom is -0.743 e. The molecule has 1 aliphatic rings. The second-order valence-corrected chi connectivity index (χ2v) is 13.5. The lowest BCUT2D eigenvalue weighted by Gasteiger charge is -2.42. The van der Waals surface area contributed by atoms with Crippen LogP contribution in [0, 0.1) is 0 Å². The smallest absolute Gasteiger partial charge is 0.460 e. The minimum atomic E-state index is -8.92. The van der Waals surface area contributed by atoms with Crippen molar-refractivity contribution in [2.45, 2.75) is 71.6 Å². The summed E-state index contributed by atoms with van der Waals surface area (Å²) >= 11 is 0. The molecule has 5 nitrogen and oxygen atoms in total. The first-order valence-electron chi connectivity index (χ1n) is 13.0. The molecule has 0 unspecified atom stereocenters. The van der Waals surface area contributed by atoms with E-state index in [4.69, 9.17) is 9.47 Å². The van der Waals surface area contributed by atoms with E-state index in [-0.39, 0.29) is 0 Å². The zero-order valence-electron chi connectivity index (χ0n) is 24.0. The summed E-state index contributed by atoms with van der Waals surface area (Å²) in [6, 6.07) is 13.0. The molecule has 0 radical (unpaired) electrons. The lowest BCUT2D eigenvalue weighted by molar-refractivity contribution is -0.458. The predicted molar refractivity (Wildman–Crippen MR) is 136 cm³/mol. The van der Waals surface area contributed by atoms with Crippen LogP contribution in [0.3, 0.4) is 0 Å². The van der Waals surface area contributed by atoms with E-state index in [1.165, 1.54) is 40.0 Å². The Kier molecular flexibility index (Phi) is 12.1. The quantitative estimate of drug-likeness (QED) is 0.0710. The maximum atomic E-state index is 13.0. The second-order valence-electron chi connectivity index (χ2n) is 9.89. The Morgan fingerprint density at radius 1 is 0.653 bits per heavy atom. The van der Waals surface area contributed by atoms with Gasteiger partial charge in [-0.25, -0.2) is 8.42 Å². The molecule has 0 amide bonds. The lowest BCUT2D eigenvalue weighted by atomic mass is 9.91. The molecule has 1 aliphatic heterocycles. The largest absolute Gasteiger partial charge is 0.743 e. The van der Waals surface area contributed by atoms with Crippen LogP contribution in [0.1, 0.15) is 19.8 Å². The van der Waals surface area contributed by atoms with Gasteiger partial charge in [-0.1, -0.05) is 18.2 Å². The molecule has 0 aliphatic carbocycles. The average molecular weight is 789 g/mol. The van der Waals surface area contributed by atoms with E-state index in [1.54, 1.807) is 0 Å². The first-order chi connectivity index (χ1) is 21.9. The van der Waals surface area contributed by atoms with Crippen LogP contribution < -0.4 is 4.74 Å². The van der Waals surface area contributed by atoms with Crippen molar-refractivity contribution in [2.24, 2.45) is 0 Å². The van der Waals surface area contributed by atoms with Crippen molar-refractivity contribution >= 4 is 31.8 Å². The number of fused-ring (bicyclic) bond motifs is 1. The third-order valence-corrected chi connectivity index (χ3v) is 10.1. The summed E-state index contributed by atoms with van der Waals surface area (Å²) in [5.74, 6) is -48.5. The maximum Gasteiger partial charge on any atom is 0.460 e. The van der Waals surface area contributed by atoms with Crippen molar-refractivity contribution in [1.29, 1.82) is 0 Å². The van der Waals surface area contributed by atoms with Crippen molar-refractivity contribution in [2.75, 3.05) is 24.9 Å². The Labute approximate surface area is 267 Å². The number of rotatable bonds is 12. The Morgan fingerprint density at radius 3 is 1.51 bits per heavy atom. The zero-order chi connectivity index (χ0) is 38.3. The van der Waals surface area contributed by atoms with Crippen LogP contribution in [0.2, 0.25) is 0 Å². The number of alkyl halides is 17. The molecule has 1 saturated heterocycles. The fraction of sp³-hybridized carbons (Fsp3) is 0.600. The summed E-state index contributed by atoms with van der Waals surface area (Å²) < 4.78 is 255. The number of hydrogen-bond donors (Lipinski definition) is 0. The summed E-state index contributed by atoms with van der Waals surface area (Å²) in [7, 11) is -7.71. The summed E-state index contributed by atoms with van der Waals surface area (Å²) in [6.45, 7) is 2.98. The Hall–Kier alpha value is -2.47. The maximum absolute atomic E-state index is 13.0. The Balaban J connectivity index is 0.000000360. The van der Waals surface area contributed by atoms with Crippen LogP contribution in [0.25, 0.3) is 10.8 Å². The van der Waals surface area contributed by atoms with Gasteiger partial charge in [0.15, 0.2) is 21.8 Å². The number of hydrogen-bond acceptors (Lipinski definition) is 5. The lowest BCUT2D eigenvalue weighted by Crippen LogP contribution is -2.75. The molecule has 2 aromatic carbocycles. The van der Waals surface area contributed by atoms with E-state index >= 15 is 0 Å². The topological polar surface area (TPSA) is 75.7 Å². The molecule has 0 atom stereocenters. The first kappa shape index (κ1) is 42.7. The van der Waals surface area contributed by atoms with Crippen LogP contribution in [-0.4, -0.2) is 84.8 Å². The normalized spacial score (nSPS) is 16.5. The van der Waals surface area contributed by atoms with Crippen LogP contribution in [-0.2, 0) is 25.7 Å². The van der Waals surface area contributed by atoms with Crippen molar-refractivity contribution in [3.8, 4) is 5.75 Å². The van der Waals surface area contributed by atoms with Crippen molar-refractivity contribution < 1.29 is 97.1 Å². The monoisotopic (exact) mass is 788 g/mol. The molecule has 1 heterocycles. The zero-order valence-corrected chi connectivity index (χ0v) is 25.6. The second kappa shape index (κ2) is 13.9. The molecule has 0 N–H and O–H groups in total. The number of halogens is 17. The number of benzene rings is 2.